The van der Waals surface area contributed by atoms with E-state index < -0.39 is 0 Å². The Morgan fingerprint density at radius 1 is 1.33 bits per heavy atom. The molecule has 1 aromatic rings. The molecule has 0 aliphatic heterocycles. The average molecular weight is 247 g/mol. The monoisotopic (exact) mass is 247 g/mol. The van der Waals surface area contributed by atoms with Gasteiger partial charge in [0.1, 0.15) is 12.4 Å². The number of nitrogens with two attached hydrogens (primary N) is 1. The first-order chi connectivity index (χ1) is 8.72. The molecule has 1 fully saturated rings. The number of carbonyl (C=O) groups excluding carboxylic acids is 2. The molecule has 0 bridgehead atoms. The van der Waals surface area contributed by atoms with Crippen molar-refractivity contribution in [1.29, 1.82) is 0 Å². The molecule has 3 atom stereocenters. The summed E-state index contributed by atoms with van der Waals surface area (Å²) in [5.41, 5.74) is 6.45. The Labute approximate surface area is 106 Å². The summed E-state index contributed by atoms with van der Waals surface area (Å²) in [6.45, 7) is 0. The van der Waals surface area contributed by atoms with Crippen LogP contribution in [0.4, 0.5) is 0 Å². The first-order valence-corrected chi connectivity index (χ1v) is 6.17. The quantitative estimate of drug-likeness (QED) is 0.647. The van der Waals surface area contributed by atoms with Gasteiger partial charge >= 0.3 is 5.97 Å². The number of benzene rings is 1. The Hall–Kier alpha value is -1.68. The molecule has 18 heavy (non-hydrogen) atoms. The van der Waals surface area contributed by atoms with Crippen molar-refractivity contribution in [3.8, 4) is 0 Å². The second-order valence-electron chi connectivity index (χ2n) is 4.62. The molecule has 1 aliphatic carbocycles. The molecule has 2 N–H and O–H groups in total. The third-order valence-corrected chi connectivity index (χ3v) is 3.45. The summed E-state index contributed by atoms with van der Waals surface area (Å²) in [5.74, 6) is -0.388. The average Bonchev–Trinajstić information content (AvgIpc) is 2.73. The lowest BCUT2D eigenvalue weighted by molar-refractivity contribution is -0.109. The molecule has 2 rings (SSSR count). The van der Waals surface area contributed by atoms with E-state index in [0.29, 0.717) is 12.0 Å². The van der Waals surface area contributed by atoms with Gasteiger partial charge in [-0.15, -0.1) is 0 Å². The van der Waals surface area contributed by atoms with E-state index in [-0.39, 0.29) is 24.0 Å². The van der Waals surface area contributed by atoms with Crippen molar-refractivity contribution in [3.05, 3.63) is 35.9 Å². The molecule has 3 unspecified atom stereocenters. The molecule has 0 spiro atoms. The standard InChI is InChI=1S/C14H17NO3/c15-12-6-7-13(11(12)8-9-16)18-14(17)10-4-2-1-3-5-10/h1-5,9,11-13H,6-8,15H2. The third kappa shape index (κ3) is 2.76. The van der Waals surface area contributed by atoms with E-state index in [9.17, 15) is 9.59 Å². The van der Waals surface area contributed by atoms with Crippen molar-refractivity contribution >= 4 is 12.3 Å². The van der Waals surface area contributed by atoms with Crippen molar-refractivity contribution in [1.82, 2.24) is 0 Å². The van der Waals surface area contributed by atoms with Crippen LogP contribution < -0.4 is 5.73 Å². The fourth-order valence-electron chi connectivity index (χ4n) is 2.42. The van der Waals surface area contributed by atoms with Crippen LogP contribution in [0.15, 0.2) is 30.3 Å². The predicted molar refractivity (Wildman–Crippen MR) is 67.0 cm³/mol. The summed E-state index contributed by atoms with van der Waals surface area (Å²) in [7, 11) is 0. The highest BCUT2D eigenvalue weighted by Crippen LogP contribution is 2.30. The van der Waals surface area contributed by atoms with E-state index in [4.69, 9.17) is 10.5 Å². The highest BCUT2D eigenvalue weighted by atomic mass is 16.5. The zero-order valence-electron chi connectivity index (χ0n) is 10.1. The lowest BCUT2D eigenvalue weighted by Crippen LogP contribution is -2.32. The van der Waals surface area contributed by atoms with E-state index in [1.165, 1.54) is 0 Å². The van der Waals surface area contributed by atoms with Crippen molar-refractivity contribution in [2.75, 3.05) is 0 Å². The van der Waals surface area contributed by atoms with Gasteiger partial charge in [-0.1, -0.05) is 18.2 Å². The molecule has 0 radical (unpaired) electrons. The van der Waals surface area contributed by atoms with Gasteiger partial charge in [0.15, 0.2) is 0 Å². The molecule has 1 saturated carbocycles. The number of hydrogen-bond acceptors (Lipinski definition) is 4. The molecule has 96 valence electrons. The SMILES string of the molecule is NC1CCC(OC(=O)c2ccccc2)C1CC=O. The predicted octanol–water partition coefficient (Wildman–Crippen LogP) is 1.54. The molecule has 0 heterocycles. The first-order valence-electron chi connectivity index (χ1n) is 6.17. The molecular weight excluding hydrogens is 230 g/mol. The lowest BCUT2D eigenvalue weighted by atomic mass is 9.99. The largest absolute Gasteiger partial charge is 0.458 e. The number of hydrogen-bond donors (Lipinski definition) is 1. The van der Waals surface area contributed by atoms with Crippen molar-refractivity contribution < 1.29 is 14.3 Å². The minimum absolute atomic E-state index is 0.0461. The van der Waals surface area contributed by atoms with Crippen LogP contribution >= 0.6 is 0 Å². The van der Waals surface area contributed by atoms with E-state index in [1.807, 2.05) is 6.07 Å². The maximum atomic E-state index is 11.9. The Balaban J connectivity index is 2.01. The fourth-order valence-corrected chi connectivity index (χ4v) is 2.42. The zero-order chi connectivity index (χ0) is 13.0. The molecular formula is C14H17NO3. The Kier molecular flexibility index (Phi) is 4.10. The lowest BCUT2D eigenvalue weighted by Gasteiger charge is -2.20. The third-order valence-electron chi connectivity index (χ3n) is 3.45. The van der Waals surface area contributed by atoms with Crippen molar-refractivity contribution in [2.24, 2.45) is 11.7 Å². The maximum absolute atomic E-state index is 11.9. The summed E-state index contributed by atoms with van der Waals surface area (Å²) >= 11 is 0. The Morgan fingerprint density at radius 2 is 2.06 bits per heavy atom. The molecule has 0 aromatic heterocycles. The maximum Gasteiger partial charge on any atom is 0.338 e. The second kappa shape index (κ2) is 5.78. The summed E-state index contributed by atoms with van der Waals surface area (Å²) in [4.78, 5) is 22.5. The van der Waals surface area contributed by atoms with Crippen LogP contribution in [0.3, 0.4) is 0 Å². The minimum atomic E-state index is -0.342. The minimum Gasteiger partial charge on any atom is -0.458 e. The number of ether oxygens (including phenoxy) is 1. The summed E-state index contributed by atoms with van der Waals surface area (Å²) in [5, 5.41) is 0. The van der Waals surface area contributed by atoms with Gasteiger partial charge < -0.3 is 15.3 Å². The fraction of sp³-hybridized carbons (Fsp3) is 0.429. The number of aldehydes is 1. The van der Waals surface area contributed by atoms with Crippen LogP contribution in [-0.4, -0.2) is 24.4 Å². The van der Waals surface area contributed by atoms with E-state index in [2.05, 4.69) is 0 Å². The van der Waals surface area contributed by atoms with Gasteiger partial charge in [-0.3, -0.25) is 0 Å². The molecule has 1 aromatic carbocycles. The van der Waals surface area contributed by atoms with Crippen LogP contribution in [0.25, 0.3) is 0 Å². The number of carbonyl (C=O) groups is 2. The van der Waals surface area contributed by atoms with E-state index >= 15 is 0 Å². The van der Waals surface area contributed by atoms with Gasteiger partial charge in [-0.25, -0.2) is 4.79 Å². The van der Waals surface area contributed by atoms with E-state index in [1.54, 1.807) is 24.3 Å². The van der Waals surface area contributed by atoms with Crippen LogP contribution in [0, 0.1) is 5.92 Å². The molecule has 4 nitrogen and oxygen atoms in total. The Morgan fingerprint density at radius 3 is 2.72 bits per heavy atom. The zero-order valence-corrected chi connectivity index (χ0v) is 10.1. The summed E-state index contributed by atoms with van der Waals surface area (Å²) in [6, 6.07) is 8.80. The normalized spacial score (nSPS) is 26.8. The van der Waals surface area contributed by atoms with Gasteiger partial charge in [0.05, 0.1) is 5.56 Å². The van der Waals surface area contributed by atoms with Crippen molar-refractivity contribution in [3.63, 3.8) is 0 Å². The number of rotatable bonds is 4. The van der Waals surface area contributed by atoms with Crippen LogP contribution in [0.5, 0.6) is 0 Å². The molecule has 4 heteroatoms. The molecule has 0 saturated heterocycles. The van der Waals surface area contributed by atoms with Gasteiger partial charge in [0.2, 0.25) is 0 Å². The van der Waals surface area contributed by atoms with E-state index in [0.717, 1.165) is 19.1 Å². The molecule has 0 amide bonds. The first kappa shape index (κ1) is 12.8. The smallest absolute Gasteiger partial charge is 0.338 e. The van der Waals surface area contributed by atoms with Gasteiger partial charge in [-0.05, 0) is 25.0 Å². The topological polar surface area (TPSA) is 69.4 Å². The molecule has 1 aliphatic rings. The van der Waals surface area contributed by atoms with Gasteiger partial charge in [-0.2, -0.15) is 0 Å². The highest BCUT2D eigenvalue weighted by Gasteiger charge is 2.36. The second-order valence-corrected chi connectivity index (χ2v) is 4.62. The van der Waals surface area contributed by atoms with Crippen LogP contribution in [0.2, 0.25) is 0 Å². The summed E-state index contributed by atoms with van der Waals surface area (Å²) < 4.78 is 5.46. The number of esters is 1. The van der Waals surface area contributed by atoms with Crippen LogP contribution in [-0.2, 0) is 9.53 Å². The van der Waals surface area contributed by atoms with Gasteiger partial charge in [0, 0.05) is 18.4 Å². The van der Waals surface area contributed by atoms with Gasteiger partial charge in [0.25, 0.3) is 0 Å². The van der Waals surface area contributed by atoms with Crippen molar-refractivity contribution in [2.45, 2.75) is 31.4 Å². The Bertz CT molecular complexity index is 418. The summed E-state index contributed by atoms with van der Waals surface area (Å²) in [6.07, 6.45) is 2.49. The van der Waals surface area contributed by atoms with Crippen LogP contribution in [0.1, 0.15) is 29.6 Å². The highest BCUT2D eigenvalue weighted by molar-refractivity contribution is 5.89.